The molecule has 0 saturated heterocycles. The molecule has 1 aromatic carbocycles. The molecule has 142 valence electrons. The summed E-state index contributed by atoms with van der Waals surface area (Å²) < 4.78 is 12.2. The molecule has 0 bridgehead atoms. The van der Waals surface area contributed by atoms with Crippen molar-refractivity contribution in [1.82, 2.24) is 19.9 Å². The fourth-order valence-corrected chi connectivity index (χ4v) is 3.21. The van der Waals surface area contributed by atoms with Crippen molar-refractivity contribution in [3.05, 3.63) is 64.8 Å². The van der Waals surface area contributed by atoms with E-state index in [-0.39, 0.29) is 12.4 Å². The zero-order valence-corrected chi connectivity index (χ0v) is 15.6. The number of rotatable bonds is 5. The van der Waals surface area contributed by atoms with Crippen LogP contribution in [0.3, 0.4) is 0 Å². The van der Waals surface area contributed by atoms with Gasteiger partial charge in [-0.3, -0.25) is 14.5 Å². The summed E-state index contributed by atoms with van der Waals surface area (Å²) in [6.45, 7) is 5.15. The third kappa shape index (κ3) is 3.09. The van der Waals surface area contributed by atoms with Gasteiger partial charge in [-0.25, -0.2) is 4.79 Å². The van der Waals surface area contributed by atoms with Gasteiger partial charge in [-0.15, -0.1) is 0 Å². The lowest BCUT2D eigenvalue weighted by Crippen LogP contribution is -2.15. The summed E-state index contributed by atoms with van der Waals surface area (Å²) in [6.07, 6.45) is 1.67. The second kappa shape index (κ2) is 6.80. The van der Waals surface area contributed by atoms with E-state index in [1.165, 1.54) is 0 Å². The number of H-pyrrole nitrogens is 1. The van der Waals surface area contributed by atoms with Gasteiger partial charge < -0.3 is 9.26 Å². The van der Waals surface area contributed by atoms with Gasteiger partial charge in [0.1, 0.15) is 5.76 Å². The fourth-order valence-electron chi connectivity index (χ4n) is 3.21. The Hall–Kier alpha value is -3.68. The van der Waals surface area contributed by atoms with Crippen LogP contribution in [0.5, 0.6) is 0 Å². The molecule has 3 aromatic heterocycles. The van der Waals surface area contributed by atoms with Crippen molar-refractivity contribution in [3.63, 3.8) is 0 Å². The minimum atomic E-state index is -0.564. The van der Waals surface area contributed by atoms with Crippen LogP contribution in [0.1, 0.15) is 37.9 Å². The number of carbonyl (C=O) groups is 2. The van der Waals surface area contributed by atoms with Crippen molar-refractivity contribution >= 4 is 22.7 Å². The maximum Gasteiger partial charge on any atom is 0.338 e. The number of esters is 1. The van der Waals surface area contributed by atoms with Crippen molar-refractivity contribution in [2.24, 2.45) is 0 Å². The first-order chi connectivity index (χ1) is 13.4. The number of aromatic amines is 1. The molecular formula is C20H18N4O4. The second-order valence-corrected chi connectivity index (χ2v) is 6.59. The lowest BCUT2D eigenvalue weighted by Gasteiger charge is -2.06. The monoisotopic (exact) mass is 378 g/mol. The van der Waals surface area contributed by atoms with Crippen LogP contribution in [0, 0.1) is 20.8 Å². The molecule has 0 atom stereocenters. The Labute approximate surface area is 160 Å². The van der Waals surface area contributed by atoms with Crippen molar-refractivity contribution in [2.45, 2.75) is 20.8 Å². The number of aromatic nitrogens is 4. The van der Waals surface area contributed by atoms with E-state index >= 15 is 0 Å². The highest BCUT2D eigenvalue weighted by molar-refractivity contribution is 6.01. The van der Waals surface area contributed by atoms with E-state index < -0.39 is 5.97 Å². The summed E-state index contributed by atoms with van der Waals surface area (Å²) in [5.41, 5.74) is 3.12. The molecule has 8 nitrogen and oxygen atoms in total. The first-order valence-corrected chi connectivity index (χ1v) is 8.70. The Morgan fingerprint density at radius 1 is 1.18 bits per heavy atom. The number of aryl methyl sites for hydroxylation is 2. The Kier molecular flexibility index (Phi) is 4.31. The number of hydrogen-bond acceptors (Lipinski definition) is 6. The smallest absolute Gasteiger partial charge is 0.338 e. The van der Waals surface area contributed by atoms with Crippen molar-refractivity contribution in [3.8, 4) is 5.82 Å². The number of carbonyl (C=O) groups excluding carboxylic acids is 2. The molecule has 0 fully saturated rings. The van der Waals surface area contributed by atoms with Gasteiger partial charge in [-0.2, -0.15) is 5.10 Å². The summed E-state index contributed by atoms with van der Waals surface area (Å²) in [5.74, 6) is 0.441. The van der Waals surface area contributed by atoms with Crippen LogP contribution in [0.25, 0.3) is 16.7 Å². The maximum atomic E-state index is 12.6. The van der Waals surface area contributed by atoms with E-state index in [2.05, 4.69) is 15.4 Å². The molecule has 28 heavy (non-hydrogen) atoms. The fraction of sp³-hybridized carbons (Fsp3) is 0.200. The lowest BCUT2D eigenvalue weighted by atomic mass is 10.1. The highest BCUT2D eigenvalue weighted by Crippen LogP contribution is 2.21. The normalized spacial score (nSPS) is 11.1. The number of hydrogen-bond donors (Lipinski definition) is 1. The first kappa shape index (κ1) is 17.7. The number of ether oxygens (including phenoxy) is 1. The number of Topliss-reactive ketones (excluding diaryl/α,β-unsaturated/α-hetero) is 1. The van der Waals surface area contributed by atoms with Crippen LogP contribution >= 0.6 is 0 Å². The van der Waals surface area contributed by atoms with E-state index in [0.29, 0.717) is 28.4 Å². The van der Waals surface area contributed by atoms with Gasteiger partial charge in [0.15, 0.2) is 12.4 Å². The molecule has 0 amide bonds. The van der Waals surface area contributed by atoms with Gasteiger partial charge in [-0.05, 0) is 39.0 Å². The van der Waals surface area contributed by atoms with Crippen molar-refractivity contribution in [2.75, 3.05) is 6.61 Å². The van der Waals surface area contributed by atoms with E-state index in [1.54, 1.807) is 43.5 Å². The summed E-state index contributed by atoms with van der Waals surface area (Å²) in [4.78, 5) is 24.9. The van der Waals surface area contributed by atoms with Gasteiger partial charge in [0.05, 0.1) is 17.3 Å². The molecule has 4 aromatic rings. The van der Waals surface area contributed by atoms with Gasteiger partial charge in [-0.1, -0.05) is 11.2 Å². The van der Waals surface area contributed by atoms with Crippen LogP contribution in [0.15, 0.2) is 41.1 Å². The Morgan fingerprint density at radius 3 is 2.75 bits per heavy atom. The molecular weight excluding hydrogens is 360 g/mol. The molecule has 0 aliphatic heterocycles. The Morgan fingerprint density at radius 2 is 2.00 bits per heavy atom. The summed E-state index contributed by atoms with van der Waals surface area (Å²) in [7, 11) is 0. The van der Waals surface area contributed by atoms with Gasteiger partial charge in [0.25, 0.3) is 0 Å². The predicted octanol–water partition coefficient (Wildman–Crippen LogP) is 3.31. The zero-order chi connectivity index (χ0) is 19.8. The zero-order valence-electron chi connectivity index (χ0n) is 15.6. The topological polar surface area (TPSA) is 103 Å². The van der Waals surface area contributed by atoms with Crippen LogP contribution in [-0.4, -0.2) is 38.3 Å². The molecule has 8 heteroatoms. The number of nitrogens with one attached hydrogen (secondary N) is 1. The molecule has 0 aliphatic rings. The average molecular weight is 378 g/mol. The summed E-state index contributed by atoms with van der Waals surface area (Å²) >= 11 is 0. The molecule has 3 heterocycles. The van der Waals surface area contributed by atoms with E-state index in [1.807, 2.05) is 18.4 Å². The maximum absolute atomic E-state index is 12.6. The third-order valence-electron chi connectivity index (χ3n) is 4.59. The molecule has 0 saturated carbocycles. The number of benzene rings is 1. The quantitative estimate of drug-likeness (QED) is 0.422. The van der Waals surface area contributed by atoms with Crippen LogP contribution in [-0.2, 0) is 4.74 Å². The van der Waals surface area contributed by atoms with Gasteiger partial charge >= 0.3 is 5.97 Å². The van der Waals surface area contributed by atoms with Crippen molar-refractivity contribution in [1.29, 1.82) is 0 Å². The molecule has 0 radical (unpaired) electrons. The van der Waals surface area contributed by atoms with E-state index in [4.69, 9.17) is 9.26 Å². The van der Waals surface area contributed by atoms with Gasteiger partial charge in [0.2, 0.25) is 5.78 Å². The Bertz CT molecular complexity index is 1200. The molecule has 0 aliphatic carbocycles. The minimum absolute atomic E-state index is 0.282. The van der Waals surface area contributed by atoms with Crippen LogP contribution < -0.4 is 0 Å². The molecule has 0 unspecified atom stereocenters. The molecule has 1 N–H and O–H groups in total. The van der Waals surface area contributed by atoms with E-state index in [0.717, 1.165) is 16.6 Å². The number of ketones is 1. The number of fused-ring (bicyclic) bond motifs is 1. The molecule has 0 spiro atoms. The molecule has 4 rings (SSSR count). The van der Waals surface area contributed by atoms with Gasteiger partial charge in [0, 0.05) is 28.4 Å². The average Bonchev–Trinajstić information content (AvgIpc) is 3.38. The second-order valence-electron chi connectivity index (χ2n) is 6.59. The summed E-state index contributed by atoms with van der Waals surface area (Å²) in [6, 6.07) is 8.61. The van der Waals surface area contributed by atoms with Crippen LogP contribution in [0.2, 0.25) is 0 Å². The first-order valence-electron chi connectivity index (χ1n) is 8.70. The summed E-state index contributed by atoms with van der Waals surface area (Å²) in [5, 5.41) is 11.6. The van der Waals surface area contributed by atoms with Crippen molar-refractivity contribution < 1.29 is 18.8 Å². The highest BCUT2D eigenvalue weighted by Gasteiger charge is 2.20. The SMILES string of the molecule is Cc1cc(-n2c(C)cc(C(=O)COC(=O)c3ccc4cn[nH]c4c3)c2C)no1. The number of nitrogens with zero attached hydrogens (tertiary/aromatic N) is 3. The minimum Gasteiger partial charge on any atom is -0.454 e. The standard InChI is InChI=1S/C20H18N4O4/c1-11-6-16(13(3)24(11)19-7-12(2)28-23-19)18(25)10-27-20(26)14-4-5-15-9-21-22-17(15)8-14/h4-9H,10H2,1-3H3,(H,21,22). The Balaban J connectivity index is 1.50. The van der Waals surface area contributed by atoms with E-state index in [9.17, 15) is 9.59 Å². The largest absolute Gasteiger partial charge is 0.454 e. The third-order valence-corrected chi connectivity index (χ3v) is 4.59. The van der Waals surface area contributed by atoms with Crippen LogP contribution in [0.4, 0.5) is 0 Å². The lowest BCUT2D eigenvalue weighted by molar-refractivity contribution is 0.0474. The highest BCUT2D eigenvalue weighted by atomic mass is 16.5. The predicted molar refractivity (Wildman–Crippen MR) is 101 cm³/mol.